The van der Waals surface area contributed by atoms with E-state index >= 15 is 0 Å². The van der Waals surface area contributed by atoms with Crippen molar-refractivity contribution >= 4 is 28.4 Å². The summed E-state index contributed by atoms with van der Waals surface area (Å²) in [6, 6.07) is 24.3. The number of nitrogen functional groups attached to an aromatic ring is 1. The number of anilines is 1. The fourth-order valence-corrected chi connectivity index (χ4v) is 1.90. The standard InChI is InChI=1S/C18H15N5/c19-17-12-11-16(22-20-14-7-3-1-4-8-14)13-18(17)23-21-15-9-5-2-6-10-15/h1-13H,19H2. The second-order valence-corrected chi connectivity index (χ2v) is 4.81. The fraction of sp³-hybridized carbons (Fsp3) is 0. The maximum Gasteiger partial charge on any atom is 0.111 e. The highest BCUT2D eigenvalue weighted by atomic mass is 15.1. The molecule has 0 unspecified atom stereocenters. The van der Waals surface area contributed by atoms with E-state index in [1.165, 1.54) is 0 Å². The van der Waals surface area contributed by atoms with Crippen LogP contribution in [0.1, 0.15) is 0 Å². The number of rotatable bonds is 4. The van der Waals surface area contributed by atoms with Crippen LogP contribution in [0.25, 0.3) is 0 Å². The van der Waals surface area contributed by atoms with Gasteiger partial charge in [0.1, 0.15) is 5.69 Å². The van der Waals surface area contributed by atoms with E-state index in [2.05, 4.69) is 20.5 Å². The van der Waals surface area contributed by atoms with Gasteiger partial charge in [-0.15, -0.1) is 5.11 Å². The van der Waals surface area contributed by atoms with Crippen LogP contribution in [0.4, 0.5) is 28.4 Å². The molecule has 0 spiro atoms. The van der Waals surface area contributed by atoms with Gasteiger partial charge in [0.25, 0.3) is 0 Å². The van der Waals surface area contributed by atoms with Crippen molar-refractivity contribution in [2.24, 2.45) is 20.5 Å². The van der Waals surface area contributed by atoms with Crippen LogP contribution in [0.15, 0.2) is 99.3 Å². The molecule has 5 nitrogen and oxygen atoms in total. The molecule has 0 aliphatic rings. The SMILES string of the molecule is Nc1ccc(N=Nc2ccccc2)cc1N=Nc1ccccc1. The second-order valence-electron chi connectivity index (χ2n) is 4.81. The monoisotopic (exact) mass is 301 g/mol. The van der Waals surface area contributed by atoms with Gasteiger partial charge in [0, 0.05) is 0 Å². The topological polar surface area (TPSA) is 75.5 Å². The Morgan fingerprint density at radius 3 is 1.65 bits per heavy atom. The molecule has 3 rings (SSSR count). The zero-order valence-corrected chi connectivity index (χ0v) is 12.4. The lowest BCUT2D eigenvalue weighted by Crippen LogP contribution is -1.83. The highest BCUT2D eigenvalue weighted by Crippen LogP contribution is 2.30. The molecule has 0 saturated carbocycles. The summed E-state index contributed by atoms with van der Waals surface area (Å²) in [6.07, 6.45) is 0. The number of azo groups is 2. The van der Waals surface area contributed by atoms with Gasteiger partial charge in [-0.3, -0.25) is 0 Å². The summed E-state index contributed by atoms with van der Waals surface area (Å²) in [5, 5.41) is 16.7. The molecule has 3 aromatic carbocycles. The van der Waals surface area contributed by atoms with Gasteiger partial charge in [0.15, 0.2) is 0 Å². The van der Waals surface area contributed by atoms with Crippen LogP contribution in [0.3, 0.4) is 0 Å². The van der Waals surface area contributed by atoms with Crippen molar-refractivity contribution in [2.45, 2.75) is 0 Å². The molecule has 0 aliphatic carbocycles. The molecule has 23 heavy (non-hydrogen) atoms. The first-order valence-electron chi connectivity index (χ1n) is 7.14. The summed E-state index contributed by atoms with van der Waals surface area (Å²) in [7, 11) is 0. The zero-order chi connectivity index (χ0) is 15.9. The van der Waals surface area contributed by atoms with E-state index in [4.69, 9.17) is 5.73 Å². The Labute approximate surface area is 134 Å². The van der Waals surface area contributed by atoms with Gasteiger partial charge in [0.2, 0.25) is 0 Å². The number of benzene rings is 3. The van der Waals surface area contributed by atoms with Crippen LogP contribution in [-0.4, -0.2) is 0 Å². The molecule has 3 aromatic rings. The van der Waals surface area contributed by atoms with E-state index in [1.807, 2.05) is 60.7 Å². The van der Waals surface area contributed by atoms with Gasteiger partial charge in [0.05, 0.1) is 22.7 Å². The summed E-state index contributed by atoms with van der Waals surface area (Å²) in [5.74, 6) is 0. The van der Waals surface area contributed by atoms with Crippen molar-refractivity contribution in [3.8, 4) is 0 Å². The lowest BCUT2D eigenvalue weighted by molar-refractivity contribution is 1.21. The maximum atomic E-state index is 5.93. The van der Waals surface area contributed by atoms with E-state index < -0.39 is 0 Å². The molecule has 0 amide bonds. The summed E-state index contributed by atoms with van der Waals surface area (Å²) >= 11 is 0. The van der Waals surface area contributed by atoms with Crippen molar-refractivity contribution in [2.75, 3.05) is 5.73 Å². The molecule has 0 bridgehead atoms. The van der Waals surface area contributed by atoms with Gasteiger partial charge < -0.3 is 5.73 Å². The Morgan fingerprint density at radius 2 is 1.04 bits per heavy atom. The lowest BCUT2D eigenvalue weighted by atomic mass is 10.2. The second kappa shape index (κ2) is 7.09. The largest absolute Gasteiger partial charge is 0.397 e. The quantitative estimate of drug-likeness (QED) is 0.458. The van der Waals surface area contributed by atoms with Crippen molar-refractivity contribution in [1.82, 2.24) is 0 Å². The number of hydrogen-bond donors (Lipinski definition) is 1. The first-order chi connectivity index (χ1) is 11.3. The first kappa shape index (κ1) is 14.6. The normalized spacial score (nSPS) is 11.3. The molecule has 0 atom stereocenters. The lowest BCUT2D eigenvalue weighted by Gasteiger charge is -2.00. The number of nitrogens with two attached hydrogens (primary N) is 1. The van der Waals surface area contributed by atoms with Gasteiger partial charge >= 0.3 is 0 Å². The van der Waals surface area contributed by atoms with Gasteiger partial charge in [-0.1, -0.05) is 36.4 Å². The van der Waals surface area contributed by atoms with E-state index in [0.29, 0.717) is 17.1 Å². The number of nitrogens with zero attached hydrogens (tertiary/aromatic N) is 4. The Hall–Kier alpha value is -3.34. The summed E-state index contributed by atoms with van der Waals surface area (Å²) in [5.41, 5.74) is 9.27. The predicted octanol–water partition coefficient (Wildman–Crippen LogP) is 6.10. The van der Waals surface area contributed by atoms with E-state index in [-0.39, 0.29) is 0 Å². The average Bonchev–Trinajstić information content (AvgIpc) is 2.62. The molecule has 112 valence electrons. The fourth-order valence-electron chi connectivity index (χ4n) is 1.90. The Bertz CT molecular complexity index is 827. The van der Waals surface area contributed by atoms with Gasteiger partial charge in [-0.05, 0) is 42.5 Å². The van der Waals surface area contributed by atoms with Crippen molar-refractivity contribution in [3.63, 3.8) is 0 Å². The number of hydrogen-bond acceptors (Lipinski definition) is 5. The van der Waals surface area contributed by atoms with Crippen molar-refractivity contribution in [3.05, 3.63) is 78.9 Å². The van der Waals surface area contributed by atoms with Gasteiger partial charge in [-0.2, -0.15) is 15.3 Å². The molecule has 0 aromatic heterocycles. The van der Waals surface area contributed by atoms with Crippen LogP contribution in [-0.2, 0) is 0 Å². The average molecular weight is 301 g/mol. The summed E-state index contributed by atoms with van der Waals surface area (Å²) in [6.45, 7) is 0. The molecule has 2 N–H and O–H groups in total. The smallest absolute Gasteiger partial charge is 0.111 e. The molecule has 0 saturated heterocycles. The van der Waals surface area contributed by atoms with E-state index in [0.717, 1.165) is 11.4 Å². The molecule has 0 radical (unpaired) electrons. The minimum absolute atomic E-state index is 0.545. The third kappa shape index (κ3) is 4.07. The summed E-state index contributed by atoms with van der Waals surface area (Å²) < 4.78 is 0. The summed E-state index contributed by atoms with van der Waals surface area (Å²) in [4.78, 5) is 0. The minimum Gasteiger partial charge on any atom is -0.397 e. The van der Waals surface area contributed by atoms with Crippen LogP contribution in [0, 0.1) is 0 Å². The predicted molar refractivity (Wildman–Crippen MR) is 92.1 cm³/mol. The first-order valence-corrected chi connectivity index (χ1v) is 7.14. The molecule has 0 aliphatic heterocycles. The molecular formula is C18H15N5. The highest BCUT2D eigenvalue weighted by Gasteiger charge is 2.00. The van der Waals surface area contributed by atoms with Crippen LogP contribution < -0.4 is 5.73 Å². The van der Waals surface area contributed by atoms with Crippen molar-refractivity contribution < 1.29 is 0 Å². The van der Waals surface area contributed by atoms with E-state index in [9.17, 15) is 0 Å². The third-order valence-corrected chi connectivity index (χ3v) is 3.08. The third-order valence-electron chi connectivity index (χ3n) is 3.08. The Balaban J connectivity index is 1.82. The van der Waals surface area contributed by atoms with Crippen LogP contribution >= 0.6 is 0 Å². The van der Waals surface area contributed by atoms with Gasteiger partial charge in [-0.25, -0.2) is 0 Å². The van der Waals surface area contributed by atoms with Crippen LogP contribution in [0.2, 0.25) is 0 Å². The molecule has 5 heteroatoms. The van der Waals surface area contributed by atoms with Crippen molar-refractivity contribution in [1.29, 1.82) is 0 Å². The zero-order valence-electron chi connectivity index (χ0n) is 12.4. The highest BCUT2D eigenvalue weighted by molar-refractivity contribution is 5.67. The Morgan fingerprint density at radius 1 is 0.522 bits per heavy atom. The van der Waals surface area contributed by atoms with E-state index in [1.54, 1.807) is 18.2 Å². The molecular weight excluding hydrogens is 286 g/mol. The molecule has 0 heterocycles. The van der Waals surface area contributed by atoms with Crippen LogP contribution in [0.5, 0.6) is 0 Å². The molecule has 0 fully saturated rings. The minimum atomic E-state index is 0.545. The maximum absolute atomic E-state index is 5.93. The Kier molecular flexibility index (Phi) is 4.49.